The predicted molar refractivity (Wildman–Crippen MR) is 90.3 cm³/mol. The number of nitrogens with zero attached hydrogens (tertiary/aromatic N) is 4. The second kappa shape index (κ2) is 7.61. The van der Waals surface area contributed by atoms with Crippen molar-refractivity contribution in [1.29, 1.82) is 0 Å². The molecule has 1 aromatic heterocycles. The molecule has 1 unspecified atom stereocenters. The molecule has 1 saturated heterocycles. The van der Waals surface area contributed by atoms with E-state index >= 15 is 0 Å². The van der Waals surface area contributed by atoms with E-state index in [4.69, 9.17) is 4.52 Å². The normalized spacial score (nSPS) is 21.2. The summed E-state index contributed by atoms with van der Waals surface area (Å²) in [7, 11) is 0. The summed E-state index contributed by atoms with van der Waals surface area (Å²) in [6.45, 7) is 10.6. The minimum absolute atomic E-state index is 0.0474. The fourth-order valence-corrected chi connectivity index (χ4v) is 3.02. The molecule has 1 aliphatic heterocycles. The zero-order valence-corrected chi connectivity index (χ0v) is 15.0. The van der Waals surface area contributed by atoms with Crippen molar-refractivity contribution < 1.29 is 9.32 Å². The van der Waals surface area contributed by atoms with Crippen LogP contribution in [-0.4, -0.2) is 64.1 Å². The van der Waals surface area contributed by atoms with Crippen LogP contribution in [0.1, 0.15) is 45.3 Å². The largest absolute Gasteiger partial charge is 0.352 e. The summed E-state index contributed by atoms with van der Waals surface area (Å²) in [4.78, 5) is 21.2. The zero-order valence-electron chi connectivity index (χ0n) is 15.0. The molecule has 1 amide bonds. The summed E-state index contributed by atoms with van der Waals surface area (Å²) in [5.74, 6) is 2.19. The summed E-state index contributed by atoms with van der Waals surface area (Å²) >= 11 is 0. The number of piperazine rings is 1. The quantitative estimate of drug-likeness (QED) is 0.803. The molecule has 7 heteroatoms. The summed E-state index contributed by atoms with van der Waals surface area (Å²) < 4.78 is 5.35. The van der Waals surface area contributed by atoms with E-state index in [1.54, 1.807) is 0 Å². The minimum atomic E-state index is -0.0474. The molecule has 3 rings (SSSR count). The van der Waals surface area contributed by atoms with Gasteiger partial charge in [0.05, 0.1) is 12.6 Å². The standard InChI is InChI=1S/C17H29N5O2/c1-12(2)10-15-19-16(24-20-15)11-21-6-8-22(9-7-21)13(3)17(23)18-14-4-5-14/h12-14H,4-11H2,1-3H3,(H,18,23). The number of hydrogen-bond donors (Lipinski definition) is 1. The van der Waals surface area contributed by atoms with Crippen molar-refractivity contribution in [2.24, 2.45) is 5.92 Å². The van der Waals surface area contributed by atoms with Crippen LogP contribution in [0.25, 0.3) is 0 Å². The number of nitrogens with one attached hydrogen (secondary N) is 1. The SMILES string of the molecule is CC(C)Cc1noc(CN2CCN(C(C)C(=O)NC3CC3)CC2)n1. The van der Waals surface area contributed by atoms with Crippen molar-refractivity contribution in [1.82, 2.24) is 25.3 Å². The van der Waals surface area contributed by atoms with Gasteiger partial charge in [-0.1, -0.05) is 19.0 Å². The number of aromatic nitrogens is 2. The van der Waals surface area contributed by atoms with Gasteiger partial charge in [-0.05, 0) is 25.7 Å². The Morgan fingerprint density at radius 1 is 1.25 bits per heavy atom. The van der Waals surface area contributed by atoms with E-state index in [-0.39, 0.29) is 11.9 Å². The second-order valence-electron chi connectivity index (χ2n) is 7.47. The minimum Gasteiger partial charge on any atom is -0.352 e. The average molecular weight is 335 g/mol. The highest BCUT2D eigenvalue weighted by atomic mass is 16.5. The van der Waals surface area contributed by atoms with E-state index in [0.717, 1.165) is 51.3 Å². The Kier molecular flexibility index (Phi) is 5.50. The smallest absolute Gasteiger partial charge is 0.240 e. The van der Waals surface area contributed by atoms with Crippen LogP contribution in [0.2, 0.25) is 0 Å². The van der Waals surface area contributed by atoms with Gasteiger partial charge >= 0.3 is 0 Å². The van der Waals surface area contributed by atoms with E-state index in [9.17, 15) is 4.79 Å². The maximum Gasteiger partial charge on any atom is 0.240 e. The topological polar surface area (TPSA) is 74.5 Å². The second-order valence-corrected chi connectivity index (χ2v) is 7.47. The molecule has 24 heavy (non-hydrogen) atoms. The fraction of sp³-hybridized carbons (Fsp3) is 0.824. The van der Waals surface area contributed by atoms with Crippen LogP contribution in [0.4, 0.5) is 0 Å². The molecule has 7 nitrogen and oxygen atoms in total. The predicted octanol–water partition coefficient (Wildman–Crippen LogP) is 1.05. The fourth-order valence-electron chi connectivity index (χ4n) is 3.02. The Morgan fingerprint density at radius 2 is 1.96 bits per heavy atom. The van der Waals surface area contributed by atoms with Gasteiger partial charge in [-0.3, -0.25) is 14.6 Å². The van der Waals surface area contributed by atoms with Crippen molar-refractivity contribution in [3.05, 3.63) is 11.7 Å². The number of carbonyl (C=O) groups is 1. The van der Waals surface area contributed by atoms with Crippen LogP contribution < -0.4 is 5.32 Å². The Balaban J connectivity index is 1.42. The van der Waals surface area contributed by atoms with Crippen molar-refractivity contribution in [2.75, 3.05) is 26.2 Å². The first-order valence-electron chi connectivity index (χ1n) is 9.09. The summed E-state index contributed by atoms with van der Waals surface area (Å²) in [6, 6.07) is 0.382. The number of hydrogen-bond acceptors (Lipinski definition) is 6. The van der Waals surface area contributed by atoms with Gasteiger partial charge in [-0.2, -0.15) is 4.98 Å². The van der Waals surface area contributed by atoms with Crippen LogP contribution in [0.3, 0.4) is 0 Å². The average Bonchev–Trinajstić information content (AvgIpc) is 3.26. The van der Waals surface area contributed by atoms with Crippen LogP contribution in [0.15, 0.2) is 4.52 Å². The van der Waals surface area contributed by atoms with E-state index in [0.29, 0.717) is 24.4 Å². The van der Waals surface area contributed by atoms with Gasteiger partial charge in [0, 0.05) is 38.6 Å². The van der Waals surface area contributed by atoms with Gasteiger partial charge in [0.2, 0.25) is 11.8 Å². The number of rotatable bonds is 7. The van der Waals surface area contributed by atoms with E-state index in [1.165, 1.54) is 0 Å². The molecule has 0 radical (unpaired) electrons. The molecule has 2 heterocycles. The van der Waals surface area contributed by atoms with Gasteiger partial charge in [0.1, 0.15) is 0 Å². The van der Waals surface area contributed by atoms with Crippen LogP contribution in [0, 0.1) is 5.92 Å². The third-order valence-electron chi connectivity index (χ3n) is 4.72. The lowest BCUT2D eigenvalue weighted by Gasteiger charge is -2.36. The molecular weight excluding hydrogens is 306 g/mol. The molecule has 1 aliphatic carbocycles. The maximum absolute atomic E-state index is 12.2. The van der Waals surface area contributed by atoms with Gasteiger partial charge in [-0.25, -0.2) is 0 Å². The van der Waals surface area contributed by atoms with Crippen LogP contribution >= 0.6 is 0 Å². The van der Waals surface area contributed by atoms with Crippen LogP contribution in [-0.2, 0) is 17.8 Å². The highest BCUT2D eigenvalue weighted by molar-refractivity contribution is 5.81. The molecule has 0 spiro atoms. The Hall–Kier alpha value is -1.47. The summed E-state index contributed by atoms with van der Waals surface area (Å²) in [5.41, 5.74) is 0. The monoisotopic (exact) mass is 335 g/mol. The highest BCUT2D eigenvalue weighted by Gasteiger charge is 2.30. The lowest BCUT2D eigenvalue weighted by molar-refractivity contribution is -0.126. The van der Waals surface area contributed by atoms with Gasteiger partial charge in [0.15, 0.2) is 5.82 Å². The first-order chi connectivity index (χ1) is 11.5. The molecule has 1 saturated carbocycles. The first kappa shape index (κ1) is 17.4. The molecule has 1 aromatic rings. The highest BCUT2D eigenvalue weighted by Crippen LogP contribution is 2.19. The first-order valence-corrected chi connectivity index (χ1v) is 9.09. The molecule has 0 bridgehead atoms. The van der Waals surface area contributed by atoms with Crippen molar-refractivity contribution >= 4 is 5.91 Å². The van der Waals surface area contributed by atoms with Crippen LogP contribution in [0.5, 0.6) is 0 Å². The lowest BCUT2D eigenvalue weighted by atomic mass is 10.1. The van der Waals surface area contributed by atoms with E-state index < -0.39 is 0 Å². The summed E-state index contributed by atoms with van der Waals surface area (Å²) in [5, 5.41) is 7.14. The molecule has 2 fully saturated rings. The zero-order chi connectivity index (χ0) is 17.1. The summed E-state index contributed by atoms with van der Waals surface area (Å²) in [6.07, 6.45) is 3.12. The van der Waals surface area contributed by atoms with E-state index in [2.05, 4.69) is 39.1 Å². The molecule has 1 N–H and O–H groups in total. The van der Waals surface area contributed by atoms with Gasteiger partial charge < -0.3 is 9.84 Å². The van der Waals surface area contributed by atoms with Gasteiger partial charge in [-0.15, -0.1) is 0 Å². The van der Waals surface area contributed by atoms with Crippen molar-refractivity contribution in [2.45, 2.75) is 58.7 Å². The molecule has 0 aromatic carbocycles. The Bertz CT molecular complexity index is 547. The lowest BCUT2D eigenvalue weighted by Crippen LogP contribution is -2.53. The number of carbonyl (C=O) groups excluding carboxylic acids is 1. The third-order valence-corrected chi connectivity index (χ3v) is 4.72. The number of amides is 1. The Morgan fingerprint density at radius 3 is 2.58 bits per heavy atom. The molecule has 134 valence electrons. The molecule has 1 atom stereocenters. The van der Waals surface area contributed by atoms with Crippen molar-refractivity contribution in [3.63, 3.8) is 0 Å². The third kappa shape index (κ3) is 4.77. The molecular formula is C17H29N5O2. The molecule has 2 aliphatic rings. The maximum atomic E-state index is 12.2. The Labute approximate surface area is 143 Å². The van der Waals surface area contributed by atoms with Gasteiger partial charge in [0.25, 0.3) is 0 Å². The van der Waals surface area contributed by atoms with Crippen molar-refractivity contribution in [3.8, 4) is 0 Å². The van der Waals surface area contributed by atoms with E-state index in [1.807, 2.05) is 6.92 Å².